The molecule has 1 saturated heterocycles. The number of carbonyl (C=O) groups excluding carboxylic acids is 1. The van der Waals surface area contributed by atoms with Gasteiger partial charge in [-0.25, -0.2) is 4.79 Å². The van der Waals surface area contributed by atoms with Crippen LogP contribution in [0.4, 0.5) is 4.79 Å². The predicted molar refractivity (Wildman–Crippen MR) is 42.0 cm³/mol. The molecule has 1 aliphatic heterocycles. The van der Waals surface area contributed by atoms with Gasteiger partial charge in [-0.1, -0.05) is 13.8 Å². The molecule has 2 amide bonds. The molecule has 1 fully saturated rings. The van der Waals surface area contributed by atoms with Crippen LogP contribution in [0.5, 0.6) is 0 Å². The normalized spacial score (nSPS) is 23.5. The highest BCUT2D eigenvalue weighted by Crippen LogP contribution is 1.92. The Morgan fingerprint density at radius 3 is 2.40 bits per heavy atom. The van der Waals surface area contributed by atoms with E-state index in [4.69, 9.17) is 0 Å². The van der Waals surface area contributed by atoms with Gasteiger partial charge in [0.2, 0.25) is 0 Å². The molecule has 0 aromatic carbocycles. The van der Waals surface area contributed by atoms with Crippen LogP contribution in [-0.4, -0.2) is 18.6 Å². The standard InChI is InChI=1S/C5H10N2O.C2H6/c1-4-2-3-6-5(8)7-4;1-2/h4H,2-3H2,1H3,(H2,6,7,8);1-2H3. The zero-order chi connectivity index (χ0) is 7.98. The minimum Gasteiger partial charge on any atom is -0.338 e. The fourth-order valence-corrected chi connectivity index (χ4v) is 0.749. The van der Waals surface area contributed by atoms with Crippen molar-refractivity contribution >= 4 is 6.03 Å². The number of hydrogen-bond acceptors (Lipinski definition) is 1. The van der Waals surface area contributed by atoms with Gasteiger partial charge in [-0.05, 0) is 13.3 Å². The number of hydrogen-bond donors (Lipinski definition) is 2. The van der Waals surface area contributed by atoms with Crippen LogP contribution < -0.4 is 10.6 Å². The first-order chi connectivity index (χ1) is 4.79. The van der Waals surface area contributed by atoms with Crippen LogP contribution >= 0.6 is 0 Å². The van der Waals surface area contributed by atoms with Gasteiger partial charge in [0.25, 0.3) is 0 Å². The summed E-state index contributed by atoms with van der Waals surface area (Å²) in [6, 6.07) is 0.312. The Morgan fingerprint density at radius 1 is 1.50 bits per heavy atom. The Labute approximate surface area is 62.2 Å². The molecule has 2 N–H and O–H groups in total. The molecular formula is C7H16N2O. The summed E-state index contributed by atoms with van der Waals surface area (Å²) in [6.45, 7) is 6.81. The third kappa shape index (κ3) is 3.33. The van der Waals surface area contributed by atoms with Crippen molar-refractivity contribution in [1.82, 2.24) is 10.6 Å². The molecule has 60 valence electrons. The average Bonchev–Trinajstić information content (AvgIpc) is 1.91. The molecule has 3 heteroatoms. The first kappa shape index (κ1) is 9.27. The van der Waals surface area contributed by atoms with Gasteiger partial charge in [-0.15, -0.1) is 0 Å². The maximum absolute atomic E-state index is 10.5. The average molecular weight is 144 g/mol. The fourth-order valence-electron chi connectivity index (χ4n) is 0.749. The second kappa shape index (κ2) is 5.09. The van der Waals surface area contributed by atoms with Gasteiger partial charge in [0, 0.05) is 12.6 Å². The monoisotopic (exact) mass is 144 g/mol. The van der Waals surface area contributed by atoms with Gasteiger partial charge in [0.05, 0.1) is 0 Å². The van der Waals surface area contributed by atoms with E-state index >= 15 is 0 Å². The largest absolute Gasteiger partial charge is 0.338 e. The molecule has 0 bridgehead atoms. The molecule has 1 rings (SSSR count). The van der Waals surface area contributed by atoms with Gasteiger partial charge in [-0.3, -0.25) is 0 Å². The lowest BCUT2D eigenvalue weighted by Gasteiger charge is -2.19. The Morgan fingerprint density at radius 2 is 2.10 bits per heavy atom. The summed E-state index contributed by atoms with van der Waals surface area (Å²) in [5.41, 5.74) is 0. The summed E-state index contributed by atoms with van der Waals surface area (Å²) < 4.78 is 0. The van der Waals surface area contributed by atoms with Crippen molar-refractivity contribution in [3.63, 3.8) is 0 Å². The Bertz CT molecular complexity index is 104. The summed E-state index contributed by atoms with van der Waals surface area (Å²) in [5.74, 6) is 0. The number of rotatable bonds is 0. The summed E-state index contributed by atoms with van der Waals surface area (Å²) in [7, 11) is 0. The quantitative estimate of drug-likeness (QED) is 0.525. The van der Waals surface area contributed by atoms with E-state index in [1.807, 2.05) is 20.8 Å². The summed E-state index contributed by atoms with van der Waals surface area (Å²) in [5, 5.41) is 5.39. The van der Waals surface area contributed by atoms with Crippen molar-refractivity contribution in [3.8, 4) is 0 Å². The fraction of sp³-hybridized carbons (Fsp3) is 0.857. The van der Waals surface area contributed by atoms with Crippen LogP contribution in [0.15, 0.2) is 0 Å². The third-order valence-electron chi connectivity index (χ3n) is 1.24. The first-order valence-electron chi connectivity index (χ1n) is 3.83. The van der Waals surface area contributed by atoms with Crippen molar-refractivity contribution in [3.05, 3.63) is 0 Å². The van der Waals surface area contributed by atoms with Crippen LogP contribution in [0.1, 0.15) is 27.2 Å². The predicted octanol–water partition coefficient (Wildman–Crippen LogP) is 1.10. The highest BCUT2D eigenvalue weighted by Gasteiger charge is 2.10. The van der Waals surface area contributed by atoms with E-state index in [-0.39, 0.29) is 6.03 Å². The topological polar surface area (TPSA) is 41.1 Å². The van der Waals surface area contributed by atoms with Gasteiger partial charge in [-0.2, -0.15) is 0 Å². The Balaban J connectivity index is 0.000000371. The molecule has 0 aromatic heterocycles. The zero-order valence-electron chi connectivity index (χ0n) is 6.90. The second-order valence-electron chi connectivity index (χ2n) is 2.09. The summed E-state index contributed by atoms with van der Waals surface area (Å²) in [4.78, 5) is 10.5. The Hall–Kier alpha value is -0.730. The summed E-state index contributed by atoms with van der Waals surface area (Å²) >= 11 is 0. The van der Waals surface area contributed by atoms with E-state index < -0.39 is 0 Å². The molecule has 0 aromatic rings. The molecular weight excluding hydrogens is 128 g/mol. The minimum absolute atomic E-state index is 0.0382. The molecule has 1 heterocycles. The molecule has 0 spiro atoms. The second-order valence-corrected chi connectivity index (χ2v) is 2.09. The molecule has 1 atom stereocenters. The van der Waals surface area contributed by atoms with Gasteiger partial charge < -0.3 is 10.6 Å². The third-order valence-corrected chi connectivity index (χ3v) is 1.24. The molecule has 0 aliphatic carbocycles. The van der Waals surface area contributed by atoms with Gasteiger partial charge in [0.1, 0.15) is 0 Å². The van der Waals surface area contributed by atoms with Crippen molar-refractivity contribution in [1.29, 1.82) is 0 Å². The van der Waals surface area contributed by atoms with Crippen LogP contribution in [0.2, 0.25) is 0 Å². The lowest BCUT2D eigenvalue weighted by atomic mass is 10.2. The SMILES string of the molecule is CC.CC1CCNC(=O)N1. The number of carbonyl (C=O) groups is 1. The van der Waals surface area contributed by atoms with E-state index in [9.17, 15) is 4.79 Å². The van der Waals surface area contributed by atoms with E-state index in [0.717, 1.165) is 13.0 Å². The smallest absolute Gasteiger partial charge is 0.314 e. The first-order valence-corrected chi connectivity index (χ1v) is 3.83. The minimum atomic E-state index is -0.0382. The molecule has 1 aliphatic rings. The molecule has 3 nitrogen and oxygen atoms in total. The highest BCUT2D eigenvalue weighted by atomic mass is 16.2. The molecule has 10 heavy (non-hydrogen) atoms. The molecule has 1 unspecified atom stereocenters. The van der Waals surface area contributed by atoms with Gasteiger partial charge in [0.15, 0.2) is 0 Å². The zero-order valence-corrected chi connectivity index (χ0v) is 6.90. The lowest BCUT2D eigenvalue weighted by Crippen LogP contribution is -2.47. The van der Waals surface area contributed by atoms with E-state index in [1.165, 1.54) is 0 Å². The van der Waals surface area contributed by atoms with Crippen molar-refractivity contribution in [2.24, 2.45) is 0 Å². The van der Waals surface area contributed by atoms with Crippen LogP contribution in [0.3, 0.4) is 0 Å². The molecule has 0 saturated carbocycles. The maximum atomic E-state index is 10.5. The van der Waals surface area contributed by atoms with Crippen LogP contribution in [-0.2, 0) is 0 Å². The highest BCUT2D eigenvalue weighted by molar-refractivity contribution is 5.74. The van der Waals surface area contributed by atoms with Crippen molar-refractivity contribution in [2.45, 2.75) is 33.2 Å². The van der Waals surface area contributed by atoms with Gasteiger partial charge >= 0.3 is 6.03 Å². The lowest BCUT2D eigenvalue weighted by molar-refractivity contribution is 0.230. The van der Waals surface area contributed by atoms with E-state index in [0.29, 0.717) is 6.04 Å². The van der Waals surface area contributed by atoms with Crippen molar-refractivity contribution < 1.29 is 4.79 Å². The maximum Gasteiger partial charge on any atom is 0.314 e. The van der Waals surface area contributed by atoms with Crippen LogP contribution in [0.25, 0.3) is 0 Å². The van der Waals surface area contributed by atoms with E-state index in [1.54, 1.807) is 0 Å². The van der Waals surface area contributed by atoms with Crippen molar-refractivity contribution in [2.75, 3.05) is 6.54 Å². The Kier molecular flexibility index (Phi) is 4.72. The summed E-state index contributed by atoms with van der Waals surface area (Å²) in [6.07, 6.45) is 1.03. The molecule has 0 radical (unpaired) electrons. The van der Waals surface area contributed by atoms with Crippen LogP contribution in [0, 0.1) is 0 Å². The van der Waals surface area contributed by atoms with E-state index in [2.05, 4.69) is 10.6 Å². The number of nitrogens with one attached hydrogen (secondary N) is 2. The number of urea groups is 1. The number of amides is 2.